The van der Waals surface area contributed by atoms with Crippen LogP contribution < -0.4 is 0 Å². The minimum absolute atomic E-state index is 0.387. The number of carbonyl (C=O) groups is 1. The number of hydrogen-bond donors (Lipinski definition) is 2. The van der Waals surface area contributed by atoms with Crippen LogP contribution in [-0.2, 0) is 4.79 Å². The zero-order valence-electron chi connectivity index (χ0n) is 8.99. The summed E-state index contributed by atoms with van der Waals surface area (Å²) in [5.74, 6) is -0.164. The molecule has 3 atom stereocenters. The Balaban J connectivity index is 2.59. The van der Waals surface area contributed by atoms with Crippen LogP contribution in [0.3, 0.4) is 0 Å². The molecular weight excluding hydrogens is 180 g/mol. The molecule has 3 heteroatoms. The predicted octanol–water partition coefficient (Wildman–Crippen LogP) is 2.04. The second-order valence-corrected chi connectivity index (χ2v) is 4.82. The van der Waals surface area contributed by atoms with E-state index in [-0.39, 0.29) is 6.10 Å². The molecule has 0 aromatic rings. The van der Waals surface area contributed by atoms with E-state index < -0.39 is 11.4 Å². The molecule has 1 rings (SSSR count). The van der Waals surface area contributed by atoms with Crippen molar-refractivity contribution in [2.75, 3.05) is 0 Å². The van der Waals surface area contributed by atoms with Crippen molar-refractivity contribution in [1.29, 1.82) is 0 Å². The van der Waals surface area contributed by atoms with Crippen molar-refractivity contribution >= 4 is 5.97 Å². The first kappa shape index (κ1) is 11.5. The van der Waals surface area contributed by atoms with Crippen molar-refractivity contribution in [3.63, 3.8) is 0 Å². The summed E-state index contributed by atoms with van der Waals surface area (Å²) in [6.45, 7) is 3.82. The third kappa shape index (κ3) is 2.47. The average Bonchev–Trinajstić information content (AvgIpc) is 2.45. The summed E-state index contributed by atoms with van der Waals surface area (Å²) in [7, 11) is 0. The van der Waals surface area contributed by atoms with Crippen molar-refractivity contribution in [1.82, 2.24) is 0 Å². The van der Waals surface area contributed by atoms with E-state index in [0.29, 0.717) is 18.8 Å². The van der Waals surface area contributed by atoms with Crippen LogP contribution in [-0.4, -0.2) is 22.3 Å². The zero-order chi connectivity index (χ0) is 10.8. The van der Waals surface area contributed by atoms with Crippen LogP contribution in [0.15, 0.2) is 0 Å². The highest BCUT2D eigenvalue weighted by molar-refractivity contribution is 5.75. The Morgan fingerprint density at radius 2 is 2.29 bits per heavy atom. The number of aliphatic hydroxyl groups is 1. The van der Waals surface area contributed by atoms with Gasteiger partial charge < -0.3 is 10.2 Å². The Bertz CT molecular complexity index is 213. The third-order valence-electron chi connectivity index (χ3n) is 3.35. The van der Waals surface area contributed by atoms with Crippen LogP contribution in [0, 0.1) is 11.3 Å². The highest BCUT2D eigenvalue weighted by atomic mass is 16.4. The summed E-state index contributed by atoms with van der Waals surface area (Å²) < 4.78 is 0. The molecule has 0 aromatic carbocycles. The first-order chi connectivity index (χ1) is 6.46. The van der Waals surface area contributed by atoms with Gasteiger partial charge in [-0.15, -0.1) is 0 Å². The van der Waals surface area contributed by atoms with E-state index in [4.69, 9.17) is 0 Å². The van der Waals surface area contributed by atoms with Crippen LogP contribution in [0.25, 0.3) is 0 Å². The Hall–Kier alpha value is -0.570. The summed E-state index contributed by atoms with van der Waals surface area (Å²) in [5, 5.41) is 18.4. The molecule has 2 N–H and O–H groups in total. The van der Waals surface area contributed by atoms with Crippen molar-refractivity contribution < 1.29 is 15.0 Å². The zero-order valence-corrected chi connectivity index (χ0v) is 8.99. The van der Waals surface area contributed by atoms with Gasteiger partial charge in [0.05, 0.1) is 11.5 Å². The van der Waals surface area contributed by atoms with Gasteiger partial charge in [-0.2, -0.15) is 0 Å². The Morgan fingerprint density at radius 1 is 1.64 bits per heavy atom. The van der Waals surface area contributed by atoms with Gasteiger partial charge in [0, 0.05) is 0 Å². The van der Waals surface area contributed by atoms with E-state index >= 15 is 0 Å². The quantitative estimate of drug-likeness (QED) is 0.730. The minimum Gasteiger partial charge on any atom is -0.481 e. The highest BCUT2D eigenvalue weighted by Crippen LogP contribution is 2.45. The minimum atomic E-state index is -0.678. The van der Waals surface area contributed by atoms with E-state index in [0.717, 1.165) is 19.3 Å². The van der Waals surface area contributed by atoms with Crippen molar-refractivity contribution in [2.45, 2.75) is 52.1 Å². The Labute approximate surface area is 85.1 Å². The van der Waals surface area contributed by atoms with Crippen LogP contribution in [0.4, 0.5) is 0 Å². The lowest BCUT2D eigenvalue weighted by molar-refractivity contribution is -0.149. The SMILES string of the molecule is CC(O)CCC1(C(=O)O)CCC(C)C1. The number of carboxylic acids is 1. The molecule has 0 bridgehead atoms. The smallest absolute Gasteiger partial charge is 0.309 e. The van der Waals surface area contributed by atoms with Crippen molar-refractivity contribution in [2.24, 2.45) is 11.3 Å². The molecule has 0 aromatic heterocycles. The maximum atomic E-state index is 11.2. The lowest BCUT2D eigenvalue weighted by atomic mass is 9.80. The molecule has 3 nitrogen and oxygen atoms in total. The van der Waals surface area contributed by atoms with Gasteiger partial charge in [-0.25, -0.2) is 0 Å². The summed E-state index contributed by atoms with van der Waals surface area (Å²) in [4.78, 5) is 11.2. The molecule has 0 radical (unpaired) electrons. The molecule has 82 valence electrons. The number of aliphatic hydroxyl groups excluding tert-OH is 1. The Morgan fingerprint density at radius 3 is 2.64 bits per heavy atom. The second-order valence-electron chi connectivity index (χ2n) is 4.82. The molecule has 1 fully saturated rings. The van der Waals surface area contributed by atoms with Crippen LogP contribution in [0.1, 0.15) is 46.0 Å². The van der Waals surface area contributed by atoms with E-state index in [2.05, 4.69) is 6.92 Å². The van der Waals surface area contributed by atoms with Crippen molar-refractivity contribution in [3.05, 3.63) is 0 Å². The molecule has 0 amide bonds. The molecule has 1 saturated carbocycles. The van der Waals surface area contributed by atoms with Gasteiger partial charge in [0.1, 0.15) is 0 Å². The summed E-state index contributed by atoms with van der Waals surface area (Å²) >= 11 is 0. The molecule has 0 saturated heterocycles. The van der Waals surface area contributed by atoms with E-state index in [9.17, 15) is 15.0 Å². The summed E-state index contributed by atoms with van der Waals surface area (Å²) in [6.07, 6.45) is 3.38. The van der Waals surface area contributed by atoms with Gasteiger partial charge >= 0.3 is 5.97 Å². The Kier molecular flexibility index (Phi) is 3.53. The predicted molar refractivity (Wildman–Crippen MR) is 54.0 cm³/mol. The topological polar surface area (TPSA) is 57.5 Å². The molecule has 1 aliphatic carbocycles. The molecule has 0 heterocycles. The van der Waals surface area contributed by atoms with Gasteiger partial charge in [-0.05, 0) is 44.9 Å². The number of carboxylic acid groups (broad SMARTS) is 1. The monoisotopic (exact) mass is 200 g/mol. The largest absolute Gasteiger partial charge is 0.481 e. The number of rotatable bonds is 4. The molecule has 0 spiro atoms. The van der Waals surface area contributed by atoms with Gasteiger partial charge in [0.2, 0.25) is 0 Å². The number of aliphatic carboxylic acids is 1. The van der Waals surface area contributed by atoms with Gasteiger partial charge in [-0.1, -0.05) is 6.92 Å². The maximum absolute atomic E-state index is 11.2. The first-order valence-corrected chi connectivity index (χ1v) is 5.38. The van der Waals surface area contributed by atoms with E-state index in [1.54, 1.807) is 6.92 Å². The lowest BCUT2D eigenvalue weighted by Crippen LogP contribution is -2.29. The van der Waals surface area contributed by atoms with Crippen LogP contribution in [0.5, 0.6) is 0 Å². The van der Waals surface area contributed by atoms with Gasteiger partial charge in [0.15, 0.2) is 0 Å². The lowest BCUT2D eigenvalue weighted by Gasteiger charge is -2.24. The summed E-state index contributed by atoms with van der Waals surface area (Å²) in [5.41, 5.74) is -0.545. The fourth-order valence-electron chi connectivity index (χ4n) is 2.41. The fraction of sp³-hybridized carbons (Fsp3) is 0.909. The van der Waals surface area contributed by atoms with E-state index in [1.807, 2.05) is 0 Å². The first-order valence-electron chi connectivity index (χ1n) is 5.38. The van der Waals surface area contributed by atoms with Crippen LogP contribution in [0.2, 0.25) is 0 Å². The molecule has 0 aliphatic heterocycles. The fourth-order valence-corrected chi connectivity index (χ4v) is 2.41. The summed E-state index contributed by atoms with van der Waals surface area (Å²) in [6, 6.07) is 0. The second kappa shape index (κ2) is 4.30. The van der Waals surface area contributed by atoms with Crippen molar-refractivity contribution in [3.8, 4) is 0 Å². The maximum Gasteiger partial charge on any atom is 0.309 e. The van der Waals surface area contributed by atoms with Gasteiger partial charge in [-0.3, -0.25) is 4.79 Å². The molecule has 1 aliphatic rings. The molecular formula is C11H20O3. The standard InChI is InChI=1S/C11H20O3/c1-8-3-5-11(7-8,10(13)14)6-4-9(2)12/h8-9,12H,3-7H2,1-2H3,(H,13,14). The highest BCUT2D eigenvalue weighted by Gasteiger charge is 2.43. The molecule has 14 heavy (non-hydrogen) atoms. The normalized spacial score (nSPS) is 34.4. The third-order valence-corrected chi connectivity index (χ3v) is 3.35. The van der Waals surface area contributed by atoms with Crippen LogP contribution >= 0.6 is 0 Å². The van der Waals surface area contributed by atoms with E-state index in [1.165, 1.54) is 0 Å². The average molecular weight is 200 g/mol. The number of hydrogen-bond acceptors (Lipinski definition) is 2. The molecule has 3 unspecified atom stereocenters. The van der Waals surface area contributed by atoms with Gasteiger partial charge in [0.25, 0.3) is 0 Å².